The van der Waals surface area contributed by atoms with Crippen LogP contribution in [0.15, 0.2) is 18.3 Å². The lowest BCUT2D eigenvalue weighted by molar-refractivity contribution is -0.183. The van der Waals surface area contributed by atoms with Gasteiger partial charge in [0.15, 0.2) is 5.82 Å². The van der Waals surface area contributed by atoms with Crippen LogP contribution in [0.25, 0.3) is 5.78 Å². The average Bonchev–Trinajstić information content (AvgIpc) is 3.46. The lowest BCUT2D eigenvalue weighted by atomic mass is 9.81. The molecule has 11 nitrogen and oxygen atoms in total. The summed E-state index contributed by atoms with van der Waals surface area (Å²) in [5, 5.41) is 9.80. The highest BCUT2D eigenvalue weighted by Crippen LogP contribution is 2.41. The van der Waals surface area contributed by atoms with E-state index in [0.717, 1.165) is 6.54 Å². The van der Waals surface area contributed by atoms with Crippen LogP contribution in [0.4, 0.5) is 27.8 Å². The van der Waals surface area contributed by atoms with Crippen LogP contribution < -0.4 is 15.5 Å². The van der Waals surface area contributed by atoms with Crippen LogP contribution in [0.2, 0.25) is 0 Å². The van der Waals surface area contributed by atoms with Crippen LogP contribution in [0.3, 0.4) is 0 Å². The largest absolute Gasteiger partial charge is 0.393 e. The molecule has 3 unspecified atom stereocenters. The van der Waals surface area contributed by atoms with Gasteiger partial charge in [-0.2, -0.15) is 23.3 Å². The number of halogens is 5. The fraction of sp³-hybridized carbons (Fsp3) is 0.735. The summed E-state index contributed by atoms with van der Waals surface area (Å²) in [6.07, 6.45) is -1.69. The second kappa shape index (κ2) is 18.7. The van der Waals surface area contributed by atoms with Crippen molar-refractivity contribution in [2.24, 2.45) is 17.8 Å². The number of hydrogen-bond acceptors (Lipinski definition) is 8. The maximum Gasteiger partial charge on any atom is 0.393 e. The average molecular weight is 717 g/mol. The number of fused-ring (bicyclic) bond motifs is 1. The molecule has 1 saturated carbocycles. The Labute approximate surface area is 291 Å². The highest BCUT2D eigenvalue weighted by molar-refractivity contribution is 5.80. The molecule has 2 amide bonds. The quantitative estimate of drug-likeness (QED) is 0.192. The van der Waals surface area contributed by atoms with Gasteiger partial charge in [0.2, 0.25) is 18.2 Å². The van der Waals surface area contributed by atoms with Crippen LogP contribution in [-0.2, 0) is 20.7 Å². The Morgan fingerprint density at radius 1 is 1.16 bits per heavy atom. The number of rotatable bonds is 10. The monoisotopic (exact) mass is 716 g/mol. The second-order valence-corrected chi connectivity index (χ2v) is 13.6. The number of piperazine rings is 1. The van der Waals surface area contributed by atoms with Gasteiger partial charge in [-0.15, -0.1) is 6.58 Å². The normalized spacial score (nSPS) is 22.0. The number of alkyl halides is 5. The molecule has 3 atom stereocenters. The molecule has 0 aromatic carbocycles. The number of allylic oxidation sites excluding steroid dienone is 1. The zero-order valence-electron chi connectivity index (χ0n) is 29.9. The van der Waals surface area contributed by atoms with Crippen LogP contribution >= 0.6 is 0 Å². The van der Waals surface area contributed by atoms with Crippen molar-refractivity contribution < 1.29 is 36.3 Å². The molecule has 3 fully saturated rings. The van der Waals surface area contributed by atoms with E-state index in [9.17, 15) is 31.5 Å². The van der Waals surface area contributed by atoms with E-state index < -0.39 is 42.4 Å². The predicted molar refractivity (Wildman–Crippen MR) is 181 cm³/mol. The van der Waals surface area contributed by atoms with Gasteiger partial charge in [0.1, 0.15) is 5.69 Å². The Balaban J connectivity index is 0.000000887. The molecule has 2 saturated heterocycles. The van der Waals surface area contributed by atoms with E-state index >= 15 is 0 Å². The Morgan fingerprint density at radius 2 is 1.78 bits per heavy atom. The fourth-order valence-electron chi connectivity index (χ4n) is 6.29. The van der Waals surface area contributed by atoms with Crippen molar-refractivity contribution >= 4 is 23.9 Å². The van der Waals surface area contributed by atoms with Gasteiger partial charge >= 0.3 is 6.18 Å². The molecule has 50 heavy (non-hydrogen) atoms. The Bertz CT molecular complexity index is 1380. The number of hydrogen-bond donors (Lipinski definition) is 2. The van der Waals surface area contributed by atoms with Gasteiger partial charge in [-0.1, -0.05) is 25.8 Å². The third-order valence-corrected chi connectivity index (χ3v) is 8.83. The molecule has 0 bridgehead atoms. The predicted octanol–water partition coefficient (Wildman–Crippen LogP) is 5.36. The van der Waals surface area contributed by atoms with E-state index in [2.05, 4.69) is 46.0 Å². The highest BCUT2D eigenvalue weighted by atomic mass is 19.4. The minimum absolute atomic E-state index is 0.0538. The van der Waals surface area contributed by atoms with Gasteiger partial charge in [-0.3, -0.25) is 14.5 Å². The number of nitrogens with zero attached hydrogens (tertiary/aromatic N) is 6. The number of carbonyl (C=O) groups excluding carboxylic acids is 2. The van der Waals surface area contributed by atoms with E-state index in [1.165, 1.54) is 16.5 Å². The molecule has 2 N–H and O–H groups in total. The molecule has 5 rings (SSSR count). The lowest BCUT2D eigenvalue weighted by Crippen LogP contribution is -2.49. The van der Waals surface area contributed by atoms with Crippen molar-refractivity contribution in [2.75, 3.05) is 57.9 Å². The molecule has 0 radical (unpaired) electrons. The molecule has 3 aliphatic rings. The maximum atomic E-state index is 13.8. The summed E-state index contributed by atoms with van der Waals surface area (Å²) in [6.45, 7) is 15.2. The third kappa shape index (κ3) is 11.8. The number of anilines is 1. The first-order valence-electron chi connectivity index (χ1n) is 17.4. The Hall–Kier alpha value is -3.40. The molecule has 2 aliphatic heterocycles. The van der Waals surface area contributed by atoms with Crippen molar-refractivity contribution in [2.45, 2.75) is 90.8 Å². The molecule has 1 aliphatic carbocycles. The first kappa shape index (κ1) is 41.0. The van der Waals surface area contributed by atoms with Gasteiger partial charge in [0.05, 0.1) is 30.5 Å². The summed E-state index contributed by atoms with van der Waals surface area (Å²) in [6, 6.07) is -0.634. The smallest absolute Gasteiger partial charge is 0.383 e. The first-order chi connectivity index (χ1) is 23.6. The SMILES string of the molecule is C=C(C)C.CCC.COCCN1CCN(c2nc3nc(C(NC=O)C4CCC(F)(F)CC4)cn3nc2CC2CC(C(F)(F)F)CNC2=O)CC1. The number of carbonyl (C=O) groups is 2. The van der Waals surface area contributed by atoms with Crippen LogP contribution in [-0.4, -0.2) is 102 Å². The van der Waals surface area contributed by atoms with E-state index in [-0.39, 0.29) is 50.2 Å². The zero-order valence-corrected chi connectivity index (χ0v) is 29.9. The van der Waals surface area contributed by atoms with E-state index in [1.54, 1.807) is 13.3 Å². The van der Waals surface area contributed by atoms with Crippen LogP contribution in [0.1, 0.15) is 83.6 Å². The Kier molecular flexibility index (Phi) is 15.4. The van der Waals surface area contributed by atoms with E-state index in [4.69, 9.17) is 9.72 Å². The number of aromatic nitrogens is 4. The number of ether oxygens (including phenoxy) is 1. The second-order valence-electron chi connectivity index (χ2n) is 13.6. The van der Waals surface area contributed by atoms with Crippen molar-refractivity contribution in [3.63, 3.8) is 0 Å². The Morgan fingerprint density at radius 3 is 2.34 bits per heavy atom. The number of imidazole rings is 1. The maximum absolute atomic E-state index is 13.8. The molecular weight excluding hydrogens is 663 g/mol. The highest BCUT2D eigenvalue weighted by Gasteiger charge is 2.45. The fourth-order valence-corrected chi connectivity index (χ4v) is 6.29. The van der Waals surface area contributed by atoms with Crippen molar-refractivity contribution in [3.05, 3.63) is 29.7 Å². The summed E-state index contributed by atoms with van der Waals surface area (Å²) in [5.74, 6) is -5.43. The van der Waals surface area contributed by atoms with E-state index in [1.807, 2.05) is 18.7 Å². The van der Waals surface area contributed by atoms with Gasteiger partial charge in [0, 0.05) is 71.6 Å². The van der Waals surface area contributed by atoms with Gasteiger partial charge in [-0.25, -0.2) is 18.3 Å². The lowest BCUT2D eigenvalue weighted by Gasteiger charge is -2.36. The standard InChI is InChI=1S/C27H37F5N8O3.C4H8.C3H8/c1-43-11-10-38-6-8-39(9-7-38)23-20(13-18-12-19(27(30,31)32)14-33-24(18)42)37-40-15-21(35-25(40)36-23)22(34-16-41)17-2-4-26(28,29)5-3-17;1-4(2)3;1-3-2/h15-19,22H,2-14H2,1H3,(H,33,42)(H,34,41);1H2,2-3H3;3H2,1-2H3. The third-order valence-electron chi connectivity index (χ3n) is 8.83. The molecule has 2 aromatic heterocycles. The molecule has 4 heterocycles. The molecular formula is C34H53F5N8O3. The van der Waals surface area contributed by atoms with Gasteiger partial charge < -0.3 is 20.3 Å². The topological polar surface area (TPSA) is 117 Å². The summed E-state index contributed by atoms with van der Waals surface area (Å²) in [4.78, 5) is 37.7. The number of methoxy groups -OCH3 is 1. The number of amides is 2. The van der Waals surface area contributed by atoms with Crippen molar-refractivity contribution in [1.82, 2.24) is 35.1 Å². The number of nitrogens with one attached hydrogen (secondary N) is 2. The summed E-state index contributed by atoms with van der Waals surface area (Å²) >= 11 is 0. The number of piperidine rings is 1. The minimum atomic E-state index is -4.44. The molecule has 0 spiro atoms. The van der Waals surface area contributed by atoms with Crippen molar-refractivity contribution in [1.29, 1.82) is 0 Å². The van der Waals surface area contributed by atoms with Gasteiger partial charge in [-0.05, 0) is 39.0 Å². The zero-order chi connectivity index (χ0) is 37.1. The molecule has 2 aromatic rings. The summed E-state index contributed by atoms with van der Waals surface area (Å²) < 4.78 is 74.8. The summed E-state index contributed by atoms with van der Waals surface area (Å²) in [5.41, 5.74) is 1.93. The van der Waals surface area contributed by atoms with Crippen LogP contribution in [0.5, 0.6) is 0 Å². The summed E-state index contributed by atoms with van der Waals surface area (Å²) in [7, 11) is 1.63. The van der Waals surface area contributed by atoms with E-state index in [0.29, 0.717) is 56.4 Å². The van der Waals surface area contributed by atoms with Crippen LogP contribution in [0, 0.1) is 17.8 Å². The van der Waals surface area contributed by atoms with Crippen molar-refractivity contribution in [3.8, 4) is 0 Å². The van der Waals surface area contributed by atoms with Gasteiger partial charge in [0.25, 0.3) is 5.78 Å². The minimum Gasteiger partial charge on any atom is -0.383 e. The molecule has 282 valence electrons. The first-order valence-corrected chi connectivity index (χ1v) is 17.4. The molecule has 16 heteroatoms.